The van der Waals surface area contributed by atoms with Crippen LogP contribution in [0.3, 0.4) is 0 Å². The van der Waals surface area contributed by atoms with Crippen molar-refractivity contribution in [2.45, 2.75) is 71.2 Å². The average Bonchev–Trinajstić information content (AvgIpc) is 2.87. The van der Waals surface area contributed by atoms with Crippen molar-refractivity contribution in [3.63, 3.8) is 0 Å². The first-order valence-corrected chi connectivity index (χ1v) is 8.71. The van der Waals surface area contributed by atoms with Crippen LogP contribution in [0.25, 0.3) is 0 Å². The summed E-state index contributed by atoms with van der Waals surface area (Å²) < 4.78 is 0. The van der Waals surface area contributed by atoms with Crippen molar-refractivity contribution in [1.29, 1.82) is 0 Å². The van der Waals surface area contributed by atoms with Crippen LogP contribution < -0.4 is 5.32 Å². The van der Waals surface area contributed by atoms with Crippen molar-refractivity contribution in [3.8, 4) is 0 Å². The third kappa shape index (κ3) is 5.99. The summed E-state index contributed by atoms with van der Waals surface area (Å²) >= 11 is 0. The Morgan fingerprint density at radius 2 is 2.10 bits per heavy atom. The van der Waals surface area contributed by atoms with Crippen LogP contribution in [0.1, 0.15) is 58.8 Å². The minimum Gasteiger partial charge on any atom is -0.480 e. The molecule has 0 amide bonds. The molecule has 1 aliphatic rings. The zero-order valence-electron chi connectivity index (χ0n) is 13.7. The van der Waals surface area contributed by atoms with Crippen LogP contribution in [0.4, 0.5) is 0 Å². The number of hydrogen-bond donors (Lipinski definition) is 3. The Balaban J connectivity index is 2.51. The molecule has 0 aliphatic carbocycles. The highest BCUT2D eigenvalue weighted by Gasteiger charge is 2.39. The van der Waals surface area contributed by atoms with Gasteiger partial charge in [0, 0.05) is 0 Å². The summed E-state index contributed by atoms with van der Waals surface area (Å²) in [5.74, 6) is 0.785. The summed E-state index contributed by atoms with van der Waals surface area (Å²) in [7, 11) is 0.205. The molecule has 122 valence electrons. The van der Waals surface area contributed by atoms with Gasteiger partial charge in [-0.1, -0.05) is 52.3 Å². The summed E-state index contributed by atoms with van der Waals surface area (Å²) in [5.41, 5.74) is 0. The van der Waals surface area contributed by atoms with E-state index in [1.54, 1.807) is 0 Å². The van der Waals surface area contributed by atoms with Gasteiger partial charge in [0.1, 0.15) is 6.04 Å². The van der Waals surface area contributed by atoms with E-state index in [0.29, 0.717) is 5.92 Å². The van der Waals surface area contributed by atoms with E-state index < -0.39 is 5.97 Å². The Kier molecular flexibility index (Phi) is 9.01. The fourth-order valence-corrected chi connectivity index (χ4v) is 3.74. The third-order valence-corrected chi connectivity index (χ3v) is 5.07. The van der Waals surface area contributed by atoms with Crippen molar-refractivity contribution in [3.05, 3.63) is 0 Å². The van der Waals surface area contributed by atoms with E-state index in [1.165, 1.54) is 25.7 Å². The van der Waals surface area contributed by atoms with Gasteiger partial charge in [-0.3, -0.25) is 4.79 Å². The smallest absolute Gasteiger partial charge is 0.320 e. The first-order chi connectivity index (χ1) is 10.1. The molecule has 1 rings (SSSR count). The lowest BCUT2D eigenvalue weighted by atomic mass is 9.79. The fourth-order valence-electron chi connectivity index (χ4n) is 3.74. The quantitative estimate of drug-likeness (QED) is 0.405. The average molecular weight is 297 g/mol. The van der Waals surface area contributed by atoms with Crippen LogP contribution in [0.15, 0.2) is 0 Å². The van der Waals surface area contributed by atoms with Gasteiger partial charge in [0.15, 0.2) is 0 Å². The summed E-state index contributed by atoms with van der Waals surface area (Å²) in [4.78, 5) is 11.4. The molecule has 1 heterocycles. The molecule has 0 saturated carbocycles. The first-order valence-electron chi connectivity index (χ1n) is 8.71. The third-order valence-electron chi connectivity index (χ3n) is 5.07. The van der Waals surface area contributed by atoms with Gasteiger partial charge in [0.05, 0.1) is 0 Å². The van der Waals surface area contributed by atoms with E-state index in [-0.39, 0.29) is 19.4 Å². The molecular formula is C16H32BNO3. The lowest BCUT2D eigenvalue weighted by molar-refractivity contribution is -0.140. The Labute approximate surface area is 130 Å². The van der Waals surface area contributed by atoms with Gasteiger partial charge >= 0.3 is 5.97 Å². The predicted octanol–water partition coefficient (Wildman–Crippen LogP) is 2.42. The van der Waals surface area contributed by atoms with Crippen LogP contribution in [0, 0.1) is 17.8 Å². The molecule has 0 spiro atoms. The second-order valence-electron chi connectivity index (χ2n) is 6.51. The van der Waals surface area contributed by atoms with Crippen molar-refractivity contribution < 1.29 is 14.9 Å². The number of carbonyl (C=O) groups is 1. The van der Waals surface area contributed by atoms with Gasteiger partial charge in [-0.15, -0.1) is 0 Å². The van der Waals surface area contributed by atoms with E-state index in [2.05, 4.69) is 19.2 Å². The molecule has 4 atom stereocenters. The van der Waals surface area contributed by atoms with E-state index >= 15 is 0 Å². The fraction of sp³-hybridized carbons (Fsp3) is 0.938. The maximum atomic E-state index is 11.4. The first kappa shape index (κ1) is 18.5. The zero-order valence-corrected chi connectivity index (χ0v) is 13.7. The van der Waals surface area contributed by atoms with Gasteiger partial charge in [-0.25, -0.2) is 0 Å². The van der Waals surface area contributed by atoms with Crippen molar-refractivity contribution in [1.82, 2.24) is 5.32 Å². The molecule has 1 unspecified atom stereocenters. The lowest BCUT2D eigenvalue weighted by Gasteiger charge is -2.23. The molecule has 21 heavy (non-hydrogen) atoms. The normalized spacial score (nSPS) is 26.7. The van der Waals surface area contributed by atoms with Crippen molar-refractivity contribution >= 4 is 13.5 Å². The minimum absolute atomic E-state index is 0.205. The van der Waals surface area contributed by atoms with Gasteiger partial charge in [0.2, 0.25) is 0 Å². The number of carboxylic acid groups (broad SMARTS) is 1. The largest absolute Gasteiger partial charge is 0.480 e. The highest BCUT2D eigenvalue weighted by molar-refractivity contribution is 6.25. The van der Waals surface area contributed by atoms with Crippen molar-refractivity contribution in [2.24, 2.45) is 17.8 Å². The van der Waals surface area contributed by atoms with Crippen molar-refractivity contribution in [2.75, 3.05) is 6.54 Å². The molecule has 5 heteroatoms. The van der Waals surface area contributed by atoms with E-state index in [0.717, 1.165) is 38.0 Å². The topological polar surface area (TPSA) is 69.6 Å². The van der Waals surface area contributed by atoms with E-state index in [9.17, 15) is 9.90 Å². The molecule has 0 aromatic heterocycles. The summed E-state index contributed by atoms with van der Waals surface area (Å²) in [6.45, 7) is 5.33. The van der Waals surface area contributed by atoms with Crippen LogP contribution in [-0.2, 0) is 4.79 Å². The maximum Gasteiger partial charge on any atom is 0.320 e. The number of aliphatic carboxylic acids is 1. The second-order valence-corrected chi connectivity index (χ2v) is 6.51. The standard InChI is InChI=1S/C16H32BNO3/c1-3-6-12(4-2)8-9-13-11-18-15(16(19)20)14(13)7-5-10-17-21/h12-15,17-18,21H,3-11H2,1-2H3,(H,19,20)/t12?,13-,14+,15-/m0/s1. The number of hydrogen-bond acceptors (Lipinski definition) is 3. The SMILES string of the molecule is CCCC(CC)CC[C@H]1CN[C@H](C(=O)O)[C@@H]1CCCBO. The molecule has 1 fully saturated rings. The van der Waals surface area contributed by atoms with Crippen LogP contribution >= 0.6 is 0 Å². The number of rotatable bonds is 11. The monoisotopic (exact) mass is 297 g/mol. The molecule has 0 bridgehead atoms. The Morgan fingerprint density at radius 3 is 2.67 bits per heavy atom. The molecule has 0 aromatic rings. The highest BCUT2D eigenvalue weighted by atomic mass is 16.4. The van der Waals surface area contributed by atoms with Crippen LogP contribution in [-0.4, -0.2) is 36.2 Å². The molecule has 0 radical (unpaired) electrons. The van der Waals surface area contributed by atoms with Crippen LogP contribution in [0.2, 0.25) is 6.32 Å². The second kappa shape index (κ2) is 10.2. The van der Waals surface area contributed by atoms with Gasteiger partial charge < -0.3 is 15.4 Å². The Morgan fingerprint density at radius 1 is 1.33 bits per heavy atom. The maximum absolute atomic E-state index is 11.4. The minimum atomic E-state index is -0.716. The number of nitrogens with one attached hydrogen (secondary N) is 1. The molecule has 3 N–H and O–H groups in total. The summed E-state index contributed by atoms with van der Waals surface area (Å²) in [6, 6.07) is -0.389. The number of carboxylic acids is 1. The Hall–Kier alpha value is -0.545. The van der Waals surface area contributed by atoms with Crippen LogP contribution in [0.5, 0.6) is 0 Å². The molecular weight excluding hydrogens is 265 g/mol. The zero-order chi connectivity index (χ0) is 15.7. The Bertz CT molecular complexity index is 301. The molecule has 1 saturated heterocycles. The highest BCUT2D eigenvalue weighted by Crippen LogP contribution is 2.33. The van der Waals surface area contributed by atoms with E-state index in [4.69, 9.17) is 5.02 Å². The van der Waals surface area contributed by atoms with Gasteiger partial charge in [0.25, 0.3) is 7.48 Å². The predicted molar refractivity (Wildman–Crippen MR) is 87.7 cm³/mol. The molecule has 0 aromatic carbocycles. The van der Waals surface area contributed by atoms with Gasteiger partial charge in [-0.2, -0.15) is 0 Å². The summed E-state index contributed by atoms with van der Waals surface area (Å²) in [6.07, 6.45) is 8.73. The lowest BCUT2D eigenvalue weighted by Crippen LogP contribution is -2.35. The van der Waals surface area contributed by atoms with E-state index in [1.807, 2.05) is 0 Å². The van der Waals surface area contributed by atoms with Gasteiger partial charge in [-0.05, 0) is 37.1 Å². The molecule has 4 nitrogen and oxygen atoms in total. The molecule has 1 aliphatic heterocycles. The summed E-state index contributed by atoms with van der Waals surface area (Å²) in [5, 5.41) is 21.5.